The van der Waals surface area contributed by atoms with Crippen LogP contribution in [0.25, 0.3) is 0 Å². The molecule has 6 heteroatoms. The number of likely N-dealkylation sites (tertiary alicyclic amines) is 1. The molecule has 2 aromatic rings. The second-order valence-electron chi connectivity index (χ2n) is 10.6. The second kappa shape index (κ2) is 11.3. The predicted octanol–water partition coefficient (Wildman–Crippen LogP) is 5.95. The maximum absolute atomic E-state index is 13.7. The molecule has 182 valence electrons. The highest BCUT2D eigenvalue weighted by molar-refractivity contribution is 7.81. The van der Waals surface area contributed by atoms with E-state index in [4.69, 9.17) is 28.9 Å². The van der Waals surface area contributed by atoms with Crippen LogP contribution < -0.4 is 0 Å². The smallest absolute Gasteiger partial charge is 0.228 e. The van der Waals surface area contributed by atoms with Crippen molar-refractivity contribution in [3.8, 4) is 0 Å². The zero-order valence-corrected chi connectivity index (χ0v) is 23.9. The third-order valence-electron chi connectivity index (χ3n) is 6.84. The van der Waals surface area contributed by atoms with Gasteiger partial charge >= 0.3 is 0 Å². The largest absolute Gasteiger partial charge is 0.420 e. The summed E-state index contributed by atoms with van der Waals surface area (Å²) in [4.78, 5) is 17.4. The number of hydrogen-bond acceptors (Lipinski definition) is 4. The molecule has 0 saturated carbocycles. The minimum absolute atomic E-state index is 0.0106. The lowest BCUT2D eigenvalue weighted by molar-refractivity contribution is -0.166. The number of rotatable bonds is 10. The summed E-state index contributed by atoms with van der Waals surface area (Å²) in [5.74, 6) is 0.171. The number of carbonyl (C=O) groups excluding carboxylic acids is 1. The van der Waals surface area contributed by atoms with Gasteiger partial charge in [0.15, 0.2) is 9.04 Å². The van der Waals surface area contributed by atoms with Gasteiger partial charge in [-0.2, -0.15) is 0 Å². The molecule has 0 radical (unpaired) electrons. The van der Waals surface area contributed by atoms with Crippen molar-refractivity contribution in [3.05, 3.63) is 71.8 Å². The lowest BCUT2D eigenvalue weighted by atomic mass is 9.63. The maximum atomic E-state index is 13.7. The minimum Gasteiger partial charge on any atom is -0.420 e. The lowest BCUT2D eigenvalue weighted by Gasteiger charge is -2.55. The van der Waals surface area contributed by atoms with Crippen LogP contribution in [0.15, 0.2) is 60.7 Å². The summed E-state index contributed by atoms with van der Waals surface area (Å²) in [5.41, 5.74) is 1.97. The van der Waals surface area contributed by atoms with E-state index in [2.05, 4.69) is 52.9 Å². The van der Waals surface area contributed by atoms with Crippen molar-refractivity contribution in [1.82, 2.24) is 4.90 Å². The van der Waals surface area contributed by atoms with Crippen molar-refractivity contribution in [2.24, 2.45) is 23.2 Å². The van der Waals surface area contributed by atoms with E-state index in [1.54, 1.807) is 0 Å². The number of hydrogen-bond donors (Lipinski definition) is 0. The molecule has 4 atom stereocenters. The minimum atomic E-state index is -1.21. The topological polar surface area (TPSA) is 29.5 Å². The maximum Gasteiger partial charge on any atom is 0.228 e. The van der Waals surface area contributed by atoms with Crippen LogP contribution >= 0.6 is 24.4 Å². The van der Waals surface area contributed by atoms with E-state index in [-0.39, 0.29) is 35.1 Å². The van der Waals surface area contributed by atoms with Gasteiger partial charge in [0.05, 0.1) is 18.5 Å². The molecule has 1 saturated heterocycles. The van der Waals surface area contributed by atoms with Crippen molar-refractivity contribution >= 4 is 49.1 Å². The van der Waals surface area contributed by atoms with E-state index in [0.29, 0.717) is 13.2 Å². The quantitative estimate of drug-likeness (QED) is 0.171. The Kier molecular flexibility index (Phi) is 8.96. The Morgan fingerprint density at radius 3 is 2.03 bits per heavy atom. The Hall–Kier alpha value is -1.73. The summed E-state index contributed by atoms with van der Waals surface area (Å²) in [6.45, 7) is 14.2. The van der Waals surface area contributed by atoms with E-state index in [1.165, 1.54) is 0 Å². The SMILES string of the molecule is C[C@H](C(=S)c1ccccc1)[C@@H]1[C@H]([C@@H](CO[SiH](C)C)C(C)(C)C)C(=O)N1CC(=S)c1ccccc1. The molecule has 0 unspecified atom stereocenters. The molecular weight excluding hydrogens is 475 g/mol. The monoisotopic (exact) mass is 511 g/mol. The number of benzene rings is 2. The first-order valence-corrected chi connectivity index (χ1v) is 15.7. The summed E-state index contributed by atoms with van der Waals surface area (Å²) in [7, 11) is -1.21. The highest BCUT2D eigenvalue weighted by Crippen LogP contribution is 2.45. The summed E-state index contributed by atoms with van der Waals surface area (Å²) in [5, 5.41) is 0. The van der Waals surface area contributed by atoms with Crippen LogP contribution in [0.5, 0.6) is 0 Å². The van der Waals surface area contributed by atoms with Gasteiger partial charge in [0.1, 0.15) is 0 Å². The molecule has 0 aromatic heterocycles. The molecule has 34 heavy (non-hydrogen) atoms. The van der Waals surface area contributed by atoms with Crippen molar-refractivity contribution in [2.75, 3.05) is 13.2 Å². The van der Waals surface area contributed by atoms with Crippen LogP contribution in [0.1, 0.15) is 38.8 Å². The van der Waals surface area contributed by atoms with Gasteiger partial charge in [-0.3, -0.25) is 4.79 Å². The molecule has 3 nitrogen and oxygen atoms in total. The Balaban J connectivity index is 1.93. The Labute approximate surface area is 217 Å². The average Bonchev–Trinajstić information content (AvgIpc) is 2.81. The molecule has 0 aliphatic carbocycles. The van der Waals surface area contributed by atoms with Gasteiger partial charge in [0, 0.05) is 22.3 Å². The van der Waals surface area contributed by atoms with Crippen LogP contribution in [0.2, 0.25) is 13.1 Å². The van der Waals surface area contributed by atoms with Crippen LogP contribution in [0.3, 0.4) is 0 Å². The molecule has 0 bridgehead atoms. The van der Waals surface area contributed by atoms with Crippen molar-refractivity contribution in [2.45, 2.75) is 46.8 Å². The predicted molar refractivity (Wildman–Crippen MR) is 152 cm³/mol. The van der Waals surface area contributed by atoms with Crippen LogP contribution in [-0.2, 0) is 9.22 Å². The Bertz CT molecular complexity index is 1000. The third-order valence-corrected chi connectivity index (χ3v) is 8.68. The van der Waals surface area contributed by atoms with Gasteiger partial charge in [-0.15, -0.1) is 0 Å². The molecule has 0 spiro atoms. The third kappa shape index (κ3) is 6.09. The first-order chi connectivity index (χ1) is 16.0. The first-order valence-electron chi connectivity index (χ1n) is 12.1. The van der Waals surface area contributed by atoms with Crippen LogP contribution in [-0.4, -0.2) is 48.8 Å². The molecule has 3 rings (SSSR count). The van der Waals surface area contributed by atoms with Crippen LogP contribution in [0.4, 0.5) is 0 Å². The molecule has 1 amide bonds. The van der Waals surface area contributed by atoms with Gasteiger partial charge in [-0.05, 0) is 35.6 Å². The molecule has 1 heterocycles. The normalized spacial score (nSPS) is 20.1. The highest BCUT2D eigenvalue weighted by Gasteiger charge is 2.56. The number of thiocarbonyl (C=S) groups is 2. The number of β-lactam (4-membered cyclic amide) rings is 1. The van der Waals surface area contributed by atoms with Crippen molar-refractivity contribution in [1.29, 1.82) is 0 Å². The zero-order valence-electron chi connectivity index (χ0n) is 21.2. The highest BCUT2D eigenvalue weighted by atomic mass is 32.1. The van der Waals surface area contributed by atoms with Crippen molar-refractivity contribution in [3.63, 3.8) is 0 Å². The van der Waals surface area contributed by atoms with Gasteiger partial charge < -0.3 is 9.33 Å². The molecule has 1 aliphatic rings. The van der Waals surface area contributed by atoms with Crippen LogP contribution in [0, 0.1) is 23.2 Å². The summed E-state index contributed by atoms with van der Waals surface area (Å²) in [6.07, 6.45) is 0. The molecule has 2 aromatic carbocycles. The number of carbonyl (C=O) groups is 1. The fraction of sp³-hybridized carbons (Fsp3) is 0.464. The average molecular weight is 512 g/mol. The summed E-state index contributed by atoms with van der Waals surface area (Å²) < 4.78 is 6.20. The summed E-state index contributed by atoms with van der Waals surface area (Å²) in [6, 6.07) is 20.1. The summed E-state index contributed by atoms with van der Waals surface area (Å²) >= 11 is 11.7. The van der Waals surface area contributed by atoms with E-state index in [0.717, 1.165) is 20.9 Å². The lowest BCUT2D eigenvalue weighted by Crippen LogP contribution is -2.69. The van der Waals surface area contributed by atoms with E-state index in [1.807, 2.05) is 53.4 Å². The second-order valence-corrected chi connectivity index (χ2v) is 14.0. The van der Waals surface area contributed by atoms with E-state index in [9.17, 15) is 4.79 Å². The van der Waals surface area contributed by atoms with E-state index < -0.39 is 9.04 Å². The first kappa shape index (κ1) is 26.9. The van der Waals surface area contributed by atoms with Gasteiger partial charge in [0.2, 0.25) is 5.91 Å². The Morgan fingerprint density at radius 1 is 1.00 bits per heavy atom. The van der Waals surface area contributed by atoms with Gasteiger partial charge in [-0.25, -0.2) is 0 Å². The Morgan fingerprint density at radius 2 is 1.53 bits per heavy atom. The molecular formula is C28H37NO2S2Si. The van der Waals surface area contributed by atoms with Gasteiger partial charge in [-0.1, -0.05) is 113 Å². The number of nitrogens with zero attached hydrogens (tertiary/aromatic N) is 1. The zero-order chi connectivity index (χ0) is 25.0. The van der Waals surface area contributed by atoms with E-state index >= 15 is 0 Å². The van der Waals surface area contributed by atoms with Gasteiger partial charge in [0.25, 0.3) is 0 Å². The molecule has 0 N–H and O–H groups in total. The molecule has 1 aliphatic heterocycles. The number of amides is 1. The standard InChI is InChI=1S/C28H37NO2S2Si/c1-19(26(33)21-15-11-8-12-16-21)25-24(22(28(2,3)4)18-31-34(5)6)27(30)29(25)17-23(32)20-13-9-7-10-14-20/h7-16,19,22,24-25,34H,17-18H2,1-6H3/t19-,22+,24-,25+/m0/s1. The van der Waals surface area contributed by atoms with Crippen molar-refractivity contribution < 1.29 is 9.22 Å². The fourth-order valence-electron chi connectivity index (χ4n) is 4.85. The molecule has 1 fully saturated rings. The fourth-order valence-corrected chi connectivity index (χ4v) is 5.99.